The lowest BCUT2D eigenvalue weighted by atomic mass is 10.0. The Morgan fingerprint density at radius 3 is 2.57 bits per heavy atom. The van der Waals surface area contributed by atoms with E-state index in [4.69, 9.17) is 4.52 Å². The fourth-order valence-corrected chi connectivity index (χ4v) is 2.46. The highest BCUT2D eigenvalue weighted by Crippen LogP contribution is 2.23. The first-order chi connectivity index (χ1) is 11.2. The molecule has 0 amide bonds. The molecule has 3 rings (SSSR count). The molecule has 0 aliphatic heterocycles. The van der Waals surface area contributed by atoms with Crippen LogP contribution >= 0.6 is 0 Å². The Morgan fingerprint density at radius 2 is 1.87 bits per heavy atom. The molecule has 4 heteroatoms. The predicted molar refractivity (Wildman–Crippen MR) is 89.1 cm³/mol. The lowest BCUT2D eigenvalue weighted by molar-refractivity contribution is 0.112. The molecule has 0 radical (unpaired) electrons. The van der Waals surface area contributed by atoms with Crippen LogP contribution < -0.4 is 0 Å². The van der Waals surface area contributed by atoms with E-state index in [9.17, 15) is 4.79 Å². The zero-order valence-corrected chi connectivity index (χ0v) is 13.2. The van der Waals surface area contributed by atoms with Crippen LogP contribution in [0.15, 0.2) is 53.1 Å². The van der Waals surface area contributed by atoms with Gasteiger partial charge in [0.25, 0.3) is 5.89 Å². The highest BCUT2D eigenvalue weighted by molar-refractivity contribution is 5.77. The fraction of sp³-hybridized carbons (Fsp3) is 0.211. The zero-order valence-electron chi connectivity index (χ0n) is 13.2. The van der Waals surface area contributed by atoms with Crippen LogP contribution in [0.3, 0.4) is 0 Å². The van der Waals surface area contributed by atoms with Gasteiger partial charge in [-0.1, -0.05) is 55.4 Å². The molecular weight excluding hydrogens is 288 g/mol. The van der Waals surface area contributed by atoms with Crippen LogP contribution in [0.4, 0.5) is 0 Å². The Morgan fingerprint density at radius 1 is 1.09 bits per heavy atom. The van der Waals surface area contributed by atoms with E-state index in [0.717, 1.165) is 23.8 Å². The second kappa shape index (κ2) is 6.57. The molecule has 0 atom stereocenters. The zero-order chi connectivity index (χ0) is 16.2. The topological polar surface area (TPSA) is 56.0 Å². The third kappa shape index (κ3) is 3.54. The monoisotopic (exact) mass is 306 g/mol. The third-order valence-corrected chi connectivity index (χ3v) is 3.55. The van der Waals surface area contributed by atoms with E-state index in [2.05, 4.69) is 36.1 Å². The maximum absolute atomic E-state index is 10.9. The Hall–Kier alpha value is -2.75. The molecule has 0 bridgehead atoms. The molecule has 3 aromatic rings. The number of carbonyl (C=O) groups is 1. The molecule has 0 fully saturated rings. The Bertz CT molecular complexity index is 804. The van der Waals surface area contributed by atoms with Crippen LogP contribution in [0.5, 0.6) is 0 Å². The average molecular weight is 306 g/mol. The van der Waals surface area contributed by atoms with Gasteiger partial charge in [-0.2, -0.15) is 4.98 Å². The van der Waals surface area contributed by atoms with Gasteiger partial charge in [0.15, 0.2) is 0 Å². The molecule has 1 aromatic heterocycles. The van der Waals surface area contributed by atoms with Gasteiger partial charge in [-0.25, -0.2) is 0 Å². The third-order valence-electron chi connectivity index (χ3n) is 3.55. The molecule has 1 heterocycles. The van der Waals surface area contributed by atoms with Crippen LogP contribution in [0.1, 0.15) is 29.8 Å². The number of nitrogens with zero attached hydrogens (tertiary/aromatic N) is 2. The van der Waals surface area contributed by atoms with Gasteiger partial charge in [0, 0.05) is 16.7 Å². The van der Waals surface area contributed by atoms with Gasteiger partial charge in [-0.15, -0.1) is 0 Å². The average Bonchev–Trinajstić information content (AvgIpc) is 3.05. The highest BCUT2D eigenvalue weighted by Gasteiger charge is 2.11. The smallest absolute Gasteiger partial charge is 0.258 e. The molecule has 0 spiro atoms. The summed E-state index contributed by atoms with van der Waals surface area (Å²) in [6.45, 7) is 4.40. The van der Waals surface area contributed by atoms with E-state index in [-0.39, 0.29) is 0 Å². The number of benzene rings is 2. The van der Waals surface area contributed by atoms with Crippen molar-refractivity contribution in [2.45, 2.75) is 20.3 Å². The van der Waals surface area contributed by atoms with Gasteiger partial charge in [0.1, 0.15) is 6.29 Å². The van der Waals surface area contributed by atoms with Gasteiger partial charge in [0.05, 0.1) is 0 Å². The lowest BCUT2D eigenvalue weighted by Crippen LogP contribution is -1.93. The minimum absolute atomic E-state index is 0.412. The molecule has 0 unspecified atom stereocenters. The summed E-state index contributed by atoms with van der Waals surface area (Å²) in [6.07, 6.45) is 1.85. The summed E-state index contributed by atoms with van der Waals surface area (Å²) >= 11 is 0. The summed E-state index contributed by atoms with van der Waals surface area (Å²) < 4.78 is 5.32. The second-order valence-corrected chi connectivity index (χ2v) is 5.96. The van der Waals surface area contributed by atoms with Crippen molar-refractivity contribution in [3.63, 3.8) is 0 Å². The minimum atomic E-state index is 0.412. The van der Waals surface area contributed by atoms with Crippen molar-refractivity contribution in [2.75, 3.05) is 0 Å². The minimum Gasteiger partial charge on any atom is -0.334 e. The van der Waals surface area contributed by atoms with E-state index in [1.54, 1.807) is 18.2 Å². The number of hydrogen-bond donors (Lipinski definition) is 0. The van der Waals surface area contributed by atoms with E-state index < -0.39 is 0 Å². The quantitative estimate of drug-likeness (QED) is 0.655. The van der Waals surface area contributed by atoms with Gasteiger partial charge >= 0.3 is 0 Å². The number of hydrogen-bond acceptors (Lipinski definition) is 4. The van der Waals surface area contributed by atoms with Crippen LogP contribution in [0, 0.1) is 5.92 Å². The summed E-state index contributed by atoms with van der Waals surface area (Å²) in [4.78, 5) is 15.3. The van der Waals surface area contributed by atoms with Crippen LogP contribution in [-0.2, 0) is 6.42 Å². The van der Waals surface area contributed by atoms with Crippen molar-refractivity contribution in [3.8, 4) is 22.8 Å². The van der Waals surface area contributed by atoms with Crippen molar-refractivity contribution < 1.29 is 9.32 Å². The Labute approximate surface area is 135 Å². The van der Waals surface area contributed by atoms with Crippen molar-refractivity contribution in [3.05, 3.63) is 59.7 Å². The van der Waals surface area contributed by atoms with Gasteiger partial charge in [0.2, 0.25) is 5.82 Å². The summed E-state index contributed by atoms with van der Waals surface area (Å²) in [6, 6.07) is 15.3. The SMILES string of the molecule is CC(C)Cc1ccc(-c2noc(-c3cccc(C=O)c3)n2)cc1. The molecule has 0 saturated carbocycles. The molecule has 0 saturated heterocycles. The van der Waals surface area contributed by atoms with Crippen LogP contribution in [0.25, 0.3) is 22.8 Å². The number of aromatic nitrogens is 2. The van der Waals surface area contributed by atoms with Gasteiger partial charge in [-0.05, 0) is 30.0 Å². The van der Waals surface area contributed by atoms with Crippen molar-refractivity contribution in [1.82, 2.24) is 10.1 Å². The lowest BCUT2D eigenvalue weighted by Gasteiger charge is -2.04. The molecular formula is C19H18N2O2. The van der Waals surface area contributed by atoms with Crippen LogP contribution in [0.2, 0.25) is 0 Å². The van der Waals surface area contributed by atoms with Gasteiger partial charge < -0.3 is 4.52 Å². The predicted octanol–water partition coefficient (Wildman–Crippen LogP) is 4.41. The first kappa shape index (κ1) is 15.2. The van der Waals surface area contributed by atoms with Crippen LogP contribution in [-0.4, -0.2) is 16.4 Å². The van der Waals surface area contributed by atoms with E-state index in [1.807, 2.05) is 18.2 Å². The Kier molecular flexibility index (Phi) is 4.33. The van der Waals surface area contributed by atoms with E-state index in [1.165, 1.54) is 5.56 Å². The Balaban J connectivity index is 1.85. The van der Waals surface area contributed by atoms with E-state index >= 15 is 0 Å². The van der Waals surface area contributed by atoms with Crippen molar-refractivity contribution in [1.29, 1.82) is 0 Å². The van der Waals surface area contributed by atoms with E-state index in [0.29, 0.717) is 23.2 Å². The molecule has 4 nitrogen and oxygen atoms in total. The summed E-state index contributed by atoms with van der Waals surface area (Å²) in [5.41, 5.74) is 3.54. The van der Waals surface area contributed by atoms with Crippen molar-refractivity contribution >= 4 is 6.29 Å². The van der Waals surface area contributed by atoms with Crippen molar-refractivity contribution in [2.24, 2.45) is 5.92 Å². The number of carbonyl (C=O) groups excluding carboxylic acids is 1. The van der Waals surface area contributed by atoms with Gasteiger partial charge in [-0.3, -0.25) is 4.79 Å². The molecule has 0 aliphatic carbocycles. The summed E-state index contributed by atoms with van der Waals surface area (Å²) in [5, 5.41) is 4.03. The normalized spacial score (nSPS) is 10.9. The molecule has 2 aromatic carbocycles. The molecule has 0 aliphatic rings. The largest absolute Gasteiger partial charge is 0.334 e. The molecule has 116 valence electrons. The first-order valence-corrected chi connectivity index (χ1v) is 7.64. The number of aldehydes is 1. The standard InChI is InChI=1S/C19H18N2O2/c1-13(2)10-14-6-8-16(9-7-14)18-20-19(23-21-18)17-5-3-4-15(11-17)12-22/h3-9,11-13H,10H2,1-2H3. The first-order valence-electron chi connectivity index (χ1n) is 7.64. The second-order valence-electron chi connectivity index (χ2n) is 5.96. The molecule has 0 N–H and O–H groups in total. The summed E-state index contributed by atoms with van der Waals surface area (Å²) in [7, 11) is 0. The summed E-state index contributed by atoms with van der Waals surface area (Å²) in [5.74, 6) is 1.59. The molecule has 23 heavy (non-hydrogen) atoms. The number of rotatable bonds is 5. The highest BCUT2D eigenvalue weighted by atomic mass is 16.5. The fourth-order valence-electron chi connectivity index (χ4n) is 2.46. The maximum atomic E-state index is 10.9. The maximum Gasteiger partial charge on any atom is 0.258 e.